The zero-order chi connectivity index (χ0) is 21.3. The fourth-order valence-corrected chi connectivity index (χ4v) is 3.03. The Kier molecular flexibility index (Phi) is 6.86. The standard InChI is InChI=1S/C25H21N3O2/c1-2-19(25(29)30)16-24(21-14-12-18(17-26)13-15-21)28-27-23-11-7-6-10-22(23)20-8-4-3-5-9-20/h3-16,24H,2H2,1H3,(H,29,30). The topological polar surface area (TPSA) is 85.8 Å². The van der Waals surface area contributed by atoms with Gasteiger partial charge in [0.15, 0.2) is 0 Å². The molecule has 0 aliphatic rings. The number of hydrogen-bond donors (Lipinski definition) is 1. The van der Waals surface area contributed by atoms with Gasteiger partial charge in [0.1, 0.15) is 6.04 Å². The quantitative estimate of drug-likeness (QED) is 0.367. The summed E-state index contributed by atoms with van der Waals surface area (Å²) >= 11 is 0. The smallest absolute Gasteiger partial charge is 0.331 e. The number of aliphatic carboxylic acids is 1. The van der Waals surface area contributed by atoms with Gasteiger partial charge in [-0.2, -0.15) is 15.5 Å². The summed E-state index contributed by atoms with van der Waals surface area (Å²) in [6.07, 6.45) is 1.98. The van der Waals surface area contributed by atoms with Crippen LogP contribution < -0.4 is 0 Å². The van der Waals surface area contributed by atoms with Gasteiger partial charge in [-0.15, -0.1) is 0 Å². The maximum atomic E-state index is 11.5. The highest BCUT2D eigenvalue weighted by Gasteiger charge is 2.13. The van der Waals surface area contributed by atoms with Crippen LogP contribution in [0.3, 0.4) is 0 Å². The number of nitrogens with zero attached hydrogens (tertiary/aromatic N) is 3. The van der Waals surface area contributed by atoms with Gasteiger partial charge in [-0.1, -0.05) is 67.6 Å². The summed E-state index contributed by atoms with van der Waals surface area (Å²) in [4.78, 5) is 11.5. The Labute approximate surface area is 175 Å². The Balaban J connectivity index is 2.02. The average molecular weight is 395 g/mol. The second-order valence-corrected chi connectivity index (χ2v) is 6.63. The normalized spacial score (nSPS) is 12.5. The largest absolute Gasteiger partial charge is 0.478 e. The molecule has 0 aliphatic heterocycles. The second-order valence-electron chi connectivity index (χ2n) is 6.63. The first-order valence-electron chi connectivity index (χ1n) is 9.61. The molecule has 0 saturated carbocycles. The summed E-state index contributed by atoms with van der Waals surface area (Å²) in [7, 11) is 0. The first-order chi connectivity index (χ1) is 14.6. The minimum atomic E-state index is -0.976. The van der Waals surface area contributed by atoms with Crippen LogP contribution in [0.25, 0.3) is 11.1 Å². The molecule has 3 rings (SSSR count). The lowest BCUT2D eigenvalue weighted by Gasteiger charge is -2.10. The predicted molar refractivity (Wildman–Crippen MR) is 116 cm³/mol. The zero-order valence-corrected chi connectivity index (χ0v) is 16.6. The summed E-state index contributed by atoms with van der Waals surface area (Å²) in [5.74, 6) is -0.976. The highest BCUT2D eigenvalue weighted by atomic mass is 16.4. The number of hydrogen-bond acceptors (Lipinski definition) is 4. The molecule has 5 heteroatoms. The van der Waals surface area contributed by atoms with Gasteiger partial charge in [0.05, 0.1) is 17.3 Å². The van der Waals surface area contributed by atoms with Crippen molar-refractivity contribution in [2.24, 2.45) is 10.2 Å². The van der Waals surface area contributed by atoms with Crippen LogP contribution in [0.1, 0.15) is 30.5 Å². The van der Waals surface area contributed by atoms with Gasteiger partial charge >= 0.3 is 5.97 Å². The molecule has 0 saturated heterocycles. The molecule has 0 radical (unpaired) electrons. The molecule has 0 heterocycles. The van der Waals surface area contributed by atoms with E-state index in [9.17, 15) is 9.90 Å². The molecule has 148 valence electrons. The highest BCUT2D eigenvalue weighted by Crippen LogP contribution is 2.32. The van der Waals surface area contributed by atoms with Gasteiger partial charge in [-0.25, -0.2) is 4.79 Å². The van der Waals surface area contributed by atoms with E-state index in [1.165, 1.54) is 0 Å². The maximum Gasteiger partial charge on any atom is 0.331 e. The Hall–Kier alpha value is -4.04. The van der Waals surface area contributed by atoms with E-state index in [1.54, 1.807) is 37.3 Å². The summed E-state index contributed by atoms with van der Waals surface area (Å²) < 4.78 is 0. The third-order valence-electron chi connectivity index (χ3n) is 4.67. The van der Waals surface area contributed by atoms with Crippen LogP contribution in [-0.4, -0.2) is 11.1 Å². The summed E-state index contributed by atoms with van der Waals surface area (Å²) in [6.45, 7) is 1.79. The van der Waals surface area contributed by atoms with E-state index in [0.29, 0.717) is 17.7 Å². The number of benzene rings is 3. The predicted octanol–water partition coefficient (Wildman–Crippen LogP) is 6.47. The van der Waals surface area contributed by atoms with Crippen molar-refractivity contribution in [1.82, 2.24) is 0 Å². The molecular weight excluding hydrogens is 374 g/mol. The lowest BCUT2D eigenvalue weighted by atomic mass is 10.0. The van der Waals surface area contributed by atoms with Crippen LogP contribution in [0.5, 0.6) is 0 Å². The molecular formula is C25H21N3O2. The molecule has 30 heavy (non-hydrogen) atoms. The van der Waals surface area contributed by atoms with Crippen molar-refractivity contribution in [2.75, 3.05) is 0 Å². The molecule has 1 unspecified atom stereocenters. The molecule has 0 fully saturated rings. The number of carboxylic acids is 1. The molecule has 1 N–H and O–H groups in total. The van der Waals surface area contributed by atoms with Crippen molar-refractivity contribution in [1.29, 1.82) is 5.26 Å². The molecule has 5 nitrogen and oxygen atoms in total. The number of carbonyl (C=O) groups is 1. The Morgan fingerprint density at radius 2 is 1.70 bits per heavy atom. The van der Waals surface area contributed by atoms with Crippen molar-refractivity contribution >= 4 is 11.7 Å². The van der Waals surface area contributed by atoms with Crippen molar-refractivity contribution in [3.63, 3.8) is 0 Å². The van der Waals surface area contributed by atoms with E-state index < -0.39 is 12.0 Å². The van der Waals surface area contributed by atoms with Crippen LogP contribution in [0.4, 0.5) is 5.69 Å². The lowest BCUT2D eigenvalue weighted by Crippen LogP contribution is -2.02. The van der Waals surface area contributed by atoms with Gasteiger partial charge in [-0.05, 0) is 41.8 Å². The van der Waals surface area contributed by atoms with E-state index in [4.69, 9.17) is 5.26 Å². The molecule has 1 atom stereocenters. The van der Waals surface area contributed by atoms with Crippen LogP contribution in [-0.2, 0) is 4.79 Å². The minimum absolute atomic E-state index is 0.264. The zero-order valence-electron chi connectivity index (χ0n) is 16.6. The maximum absolute atomic E-state index is 11.5. The third kappa shape index (κ3) is 5.06. The third-order valence-corrected chi connectivity index (χ3v) is 4.67. The molecule has 3 aromatic rings. The Morgan fingerprint density at radius 1 is 1.03 bits per heavy atom. The number of rotatable bonds is 7. The highest BCUT2D eigenvalue weighted by molar-refractivity contribution is 5.86. The van der Waals surface area contributed by atoms with Crippen molar-refractivity contribution < 1.29 is 9.90 Å². The van der Waals surface area contributed by atoms with Crippen LogP contribution in [0.2, 0.25) is 0 Å². The molecule has 0 aromatic heterocycles. The summed E-state index contributed by atoms with van der Waals surface area (Å²) in [5.41, 5.74) is 4.23. The van der Waals surface area contributed by atoms with Gasteiger partial charge in [0, 0.05) is 11.1 Å². The first kappa shape index (κ1) is 20.7. The number of azo groups is 1. The minimum Gasteiger partial charge on any atom is -0.478 e. The molecule has 0 bridgehead atoms. The molecule has 0 amide bonds. The molecule has 0 spiro atoms. The Morgan fingerprint density at radius 3 is 2.33 bits per heavy atom. The molecule has 0 aliphatic carbocycles. The van der Waals surface area contributed by atoms with E-state index in [0.717, 1.165) is 16.7 Å². The van der Waals surface area contributed by atoms with E-state index in [2.05, 4.69) is 16.3 Å². The average Bonchev–Trinajstić information content (AvgIpc) is 2.80. The van der Waals surface area contributed by atoms with Crippen LogP contribution >= 0.6 is 0 Å². The molecule has 3 aromatic carbocycles. The lowest BCUT2D eigenvalue weighted by molar-refractivity contribution is -0.132. The fraction of sp³-hybridized carbons (Fsp3) is 0.120. The van der Waals surface area contributed by atoms with Crippen molar-refractivity contribution in [2.45, 2.75) is 19.4 Å². The van der Waals surface area contributed by atoms with E-state index in [1.807, 2.05) is 54.6 Å². The van der Waals surface area contributed by atoms with Crippen LogP contribution in [0, 0.1) is 11.3 Å². The van der Waals surface area contributed by atoms with Gasteiger partial charge in [0.25, 0.3) is 0 Å². The monoisotopic (exact) mass is 395 g/mol. The SMILES string of the molecule is CCC(=CC(N=Nc1ccccc1-c1ccccc1)c1ccc(C#N)cc1)C(=O)O. The number of carboxylic acid groups (broad SMARTS) is 1. The first-order valence-corrected chi connectivity index (χ1v) is 9.61. The number of nitriles is 1. The van der Waals surface area contributed by atoms with Crippen LogP contribution in [0.15, 0.2) is 101 Å². The van der Waals surface area contributed by atoms with E-state index in [-0.39, 0.29) is 5.57 Å². The second kappa shape index (κ2) is 9.94. The van der Waals surface area contributed by atoms with Crippen molar-refractivity contribution in [3.05, 3.63) is 102 Å². The summed E-state index contributed by atoms with van der Waals surface area (Å²) in [5, 5.41) is 27.4. The van der Waals surface area contributed by atoms with Gasteiger partial charge < -0.3 is 5.11 Å². The van der Waals surface area contributed by atoms with Crippen molar-refractivity contribution in [3.8, 4) is 17.2 Å². The Bertz CT molecular complexity index is 1110. The summed E-state index contributed by atoms with van der Waals surface area (Å²) in [6, 6.07) is 26.0. The van der Waals surface area contributed by atoms with E-state index >= 15 is 0 Å². The van der Waals surface area contributed by atoms with Gasteiger partial charge in [0.2, 0.25) is 0 Å². The van der Waals surface area contributed by atoms with Gasteiger partial charge in [-0.3, -0.25) is 0 Å². The fourth-order valence-electron chi connectivity index (χ4n) is 3.03.